The highest BCUT2D eigenvalue weighted by atomic mass is 16.6. The van der Waals surface area contributed by atoms with Crippen molar-refractivity contribution in [2.75, 3.05) is 26.3 Å². The second-order valence-electron chi connectivity index (χ2n) is 10.7. The van der Waals surface area contributed by atoms with Crippen LogP contribution in [0.2, 0.25) is 0 Å². The third-order valence-corrected chi connectivity index (χ3v) is 7.94. The average molecular weight is 496 g/mol. The molecule has 2 aliphatic heterocycles. The van der Waals surface area contributed by atoms with Gasteiger partial charge in [0.15, 0.2) is 0 Å². The van der Waals surface area contributed by atoms with Crippen molar-refractivity contribution in [1.29, 1.82) is 0 Å². The average Bonchev–Trinajstić information content (AvgIpc) is 3.62. The lowest BCUT2D eigenvalue weighted by Gasteiger charge is -2.21. The van der Waals surface area contributed by atoms with Gasteiger partial charge >= 0.3 is 14.2 Å². The van der Waals surface area contributed by atoms with E-state index in [-0.39, 0.29) is 35.9 Å². The minimum atomic E-state index is -0.441. The monoisotopic (exact) mass is 496 g/mol. The zero-order valence-corrected chi connectivity index (χ0v) is 21.1. The Morgan fingerprint density at radius 3 is 1.44 bits per heavy atom. The Hall–Kier alpha value is -1.87. The van der Waals surface area contributed by atoms with Crippen molar-refractivity contribution in [3.8, 4) is 0 Å². The first kappa shape index (κ1) is 25.8. The first-order chi connectivity index (χ1) is 17.7. The molecule has 2 heterocycles. The van der Waals surface area contributed by atoms with E-state index in [9.17, 15) is 9.59 Å². The molecule has 0 bridgehead atoms. The zero-order chi connectivity index (χ0) is 24.7. The van der Waals surface area contributed by atoms with E-state index in [1.807, 2.05) is 24.3 Å². The molecule has 4 fully saturated rings. The van der Waals surface area contributed by atoms with Gasteiger partial charge in [-0.2, -0.15) is 0 Å². The van der Waals surface area contributed by atoms with E-state index >= 15 is 0 Å². The van der Waals surface area contributed by atoms with Gasteiger partial charge in [0.05, 0.1) is 25.4 Å². The summed E-state index contributed by atoms with van der Waals surface area (Å²) in [5, 5.41) is 6.10. The molecule has 0 radical (unpaired) electrons. The maximum Gasteiger partial charge on any atom is 0.494 e. The fourth-order valence-electron chi connectivity index (χ4n) is 5.72. The zero-order valence-electron chi connectivity index (χ0n) is 21.1. The normalized spacial score (nSPS) is 25.8. The quantitative estimate of drug-likeness (QED) is 0.528. The molecular formula is C26H38B2N2O6. The van der Waals surface area contributed by atoms with E-state index < -0.39 is 14.2 Å². The Balaban J connectivity index is 1.03. The van der Waals surface area contributed by atoms with Crippen LogP contribution in [0, 0.1) is 11.8 Å². The molecule has 1 aromatic carbocycles. The molecule has 36 heavy (non-hydrogen) atoms. The molecule has 4 aliphatic rings. The Labute approximate surface area is 214 Å². The predicted octanol–water partition coefficient (Wildman–Crippen LogP) is 1.30. The summed E-state index contributed by atoms with van der Waals surface area (Å²) in [7, 11) is -0.882. The van der Waals surface area contributed by atoms with Crippen LogP contribution in [0.15, 0.2) is 24.3 Å². The van der Waals surface area contributed by atoms with Gasteiger partial charge in [0.25, 0.3) is 0 Å². The second-order valence-corrected chi connectivity index (χ2v) is 10.7. The maximum absolute atomic E-state index is 12.4. The smallest absolute Gasteiger partial charge is 0.405 e. The van der Waals surface area contributed by atoms with Crippen LogP contribution in [0.25, 0.3) is 0 Å². The third-order valence-electron chi connectivity index (χ3n) is 7.94. The molecule has 2 saturated carbocycles. The third kappa shape index (κ3) is 6.71. The number of benzene rings is 1. The van der Waals surface area contributed by atoms with Crippen molar-refractivity contribution < 1.29 is 28.2 Å². The Morgan fingerprint density at radius 1 is 0.667 bits per heavy atom. The highest BCUT2D eigenvalue weighted by Crippen LogP contribution is 2.24. The van der Waals surface area contributed by atoms with Gasteiger partial charge in [-0.1, -0.05) is 62.8 Å². The predicted molar refractivity (Wildman–Crippen MR) is 138 cm³/mol. The number of carbonyl (C=O) groups is 2. The highest BCUT2D eigenvalue weighted by molar-refractivity contribution is 6.63. The highest BCUT2D eigenvalue weighted by Gasteiger charge is 2.36. The van der Waals surface area contributed by atoms with E-state index in [4.69, 9.17) is 18.6 Å². The molecule has 2 saturated heterocycles. The van der Waals surface area contributed by atoms with Crippen LogP contribution in [-0.4, -0.2) is 64.6 Å². The van der Waals surface area contributed by atoms with Crippen molar-refractivity contribution in [3.63, 3.8) is 0 Å². The van der Waals surface area contributed by atoms with Crippen molar-refractivity contribution in [2.24, 2.45) is 11.8 Å². The van der Waals surface area contributed by atoms with Gasteiger partial charge in [0, 0.05) is 24.9 Å². The Bertz CT molecular complexity index is 805. The number of amides is 2. The van der Waals surface area contributed by atoms with Gasteiger partial charge in [-0.15, -0.1) is 0 Å². The van der Waals surface area contributed by atoms with Crippen LogP contribution in [0.1, 0.15) is 64.2 Å². The van der Waals surface area contributed by atoms with Crippen molar-refractivity contribution >= 4 is 37.0 Å². The van der Waals surface area contributed by atoms with E-state index in [1.165, 1.54) is 12.8 Å². The van der Waals surface area contributed by atoms with E-state index in [0.717, 1.165) is 62.3 Å². The molecule has 8 nitrogen and oxygen atoms in total. The van der Waals surface area contributed by atoms with E-state index in [2.05, 4.69) is 10.6 Å². The summed E-state index contributed by atoms with van der Waals surface area (Å²) < 4.78 is 23.7. The van der Waals surface area contributed by atoms with E-state index in [0.29, 0.717) is 26.3 Å². The molecule has 5 rings (SSSR count). The number of rotatable bonds is 8. The fourth-order valence-corrected chi connectivity index (χ4v) is 5.72. The fraction of sp³-hybridized carbons (Fsp3) is 0.692. The summed E-state index contributed by atoms with van der Waals surface area (Å²) in [6, 6.07) is 7.86. The summed E-state index contributed by atoms with van der Waals surface area (Å²) in [5.41, 5.74) is 1.85. The largest absolute Gasteiger partial charge is 0.494 e. The molecule has 2 aliphatic carbocycles. The number of nitrogens with one attached hydrogen (secondary N) is 2. The first-order valence-electron chi connectivity index (χ1n) is 13.8. The molecule has 0 aromatic heterocycles. The van der Waals surface area contributed by atoms with Crippen molar-refractivity contribution in [2.45, 2.75) is 76.4 Å². The molecule has 10 heteroatoms. The van der Waals surface area contributed by atoms with Crippen molar-refractivity contribution in [1.82, 2.24) is 10.6 Å². The van der Waals surface area contributed by atoms with Crippen LogP contribution in [0.5, 0.6) is 0 Å². The molecule has 1 aromatic rings. The lowest BCUT2D eigenvalue weighted by Crippen LogP contribution is -2.40. The lowest BCUT2D eigenvalue weighted by atomic mass is 9.74. The molecular weight excluding hydrogens is 458 g/mol. The van der Waals surface area contributed by atoms with Gasteiger partial charge in [-0.05, 0) is 36.6 Å². The minimum Gasteiger partial charge on any atom is -0.405 e. The van der Waals surface area contributed by atoms with E-state index in [1.54, 1.807) is 0 Å². The van der Waals surface area contributed by atoms with Crippen LogP contribution in [0.4, 0.5) is 0 Å². The summed E-state index contributed by atoms with van der Waals surface area (Å²) in [4.78, 5) is 24.8. The lowest BCUT2D eigenvalue weighted by molar-refractivity contribution is -0.127. The van der Waals surface area contributed by atoms with Gasteiger partial charge < -0.3 is 29.3 Å². The second kappa shape index (κ2) is 12.6. The van der Waals surface area contributed by atoms with Gasteiger partial charge in [-0.3, -0.25) is 9.59 Å². The van der Waals surface area contributed by atoms with Gasteiger partial charge in [0.1, 0.15) is 0 Å². The van der Waals surface area contributed by atoms with Crippen LogP contribution >= 0.6 is 0 Å². The molecule has 194 valence electrons. The Kier molecular flexibility index (Phi) is 9.01. The maximum atomic E-state index is 12.4. The number of hydrogen-bond donors (Lipinski definition) is 2. The Morgan fingerprint density at radius 2 is 1.06 bits per heavy atom. The van der Waals surface area contributed by atoms with Gasteiger partial charge in [0.2, 0.25) is 11.8 Å². The molecule has 2 N–H and O–H groups in total. The minimum absolute atomic E-state index is 0.145. The SMILES string of the molecule is O=C(NCC1COB(c2ccc(B3OCC(CNC(=O)C4CCCCC4)O3)cc2)O1)C1CCCCC1. The molecule has 0 spiro atoms. The molecule has 2 unspecified atom stereocenters. The number of carbonyl (C=O) groups excluding carboxylic acids is 2. The van der Waals surface area contributed by atoms with Crippen LogP contribution in [-0.2, 0) is 28.2 Å². The standard InChI is InChI=1S/C26H38B2N2O6/c31-25(19-7-3-1-4-8-19)29-15-23-17-33-27(35-23)21-11-13-22(14-12-21)28-34-18-24(36-28)16-30-26(32)20-9-5-2-6-10-20/h11-14,19-20,23-24H,1-10,15-18H2,(H,29,31)(H,30,32). The van der Waals surface area contributed by atoms with Gasteiger partial charge in [-0.25, -0.2) is 0 Å². The first-order valence-corrected chi connectivity index (χ1v) is 13.8. The number of hydrogen-bond acceptors (Lipinski definition) is 6. The molecule has 2 atom stereocenters. The summed E-state index contributed by atoms with van der Waals surface area (Å²) >= 11 is 0. The topological polar surface area (TPSA) is 95.1 Å². The van der Waals surface area contributed by atoms with Crippen LogP contribution in [0.3, 0.4) is 0 Å². The van der Waals surface area contributed by atoms with Crippen molar-refractivity contribution in [3.05, 3.63) is 24.3 Å². The van der Waals surface area contributed by atoms with Crippen LogP contribution < -0.4 is 21.6 Å². The summed E-state index contributed by atoms with van der Waals surface area (Å²) in [6.45, 7) is 1.87. The molecule has 2 amide bonds. The summed E-state index contributed by atoms with van der Waals surface area (Å²) in [6.07, 6.45) is 10.7. The summed E-state index contributed by atoms with van der Waals surface area (Å²) in [5.74, 6) is 0.596.